The van der Waals surface area contributed by atoms with Crippen LogP contribution in [0.15, 0.2) is 65.6 Å². The van der Waals surface area contributed by atoms with Crippen molar-refractivity contribution in [2.45, 2.75) is 6.42 Å². The summed E-state index contributed by atoms with van der Waals surface area (Å²) in [5.74, 6) is 0. The molecule has 0 bridgehead atoms. The molecule has 0 aliphatic rings. The Bertz CT molecular complexity index is 812. The zero-order valence-electron chi connectivity index (χ0n) is 11.2. The molecule has 0 unspecified atom stereocenters. The molecular formula is C17H13ClN2O. The van der Waals surface area contributed by atoms with Gasteiger partial charge >= 0.3 is 0 Å². The molecule has 104 valence electrons. The Morgan fingerprint density at radius 1 is 1.00 bits per heavy atom. The molecule has 0 amide bonds. The summed E-state index contributed by atoms with van der Waals surface area (Å²) < 4.78 is 0. The molecule has 0 aliphatic carbocycles. The van der Waals surface area contributed by atoms with Crippen LogP contribution in [0.1, 0.15) is 11.3 Å². The first-order valence-electron chi connectivity index (χ1n) is 6.61. The Labute approximate surface area is 127 Å². The Morgan fingerprint density at radius 2 is 1.71 bits per heavy atom. The van der Waals surface area contributed by atoms with Crippen molar-refractivity contribution in [3.63, 3.8) is 0 Å². The first kappa shape index (κ1) is 13.6. The number of H-pyrrole nitrogens is 1. The lowest BCUT2D eigenvalue weighted by Crippen LogP contribution is -2.15. The van der Waals surface area contributed by atoms with E-state index < -0.39 is 0 Å². The Hall–Kier alpha value is -2.39. The Kier molecular flexibility index (Phi) is 3.84. The summed E-state index contributed by atoms with van der Waals surface area (Å²) in [6.45, 7) is 0. The van der Waals surface area contributed by atoms with Gasteiger partial charge in [0, 0.05) is 23.2 Å². The molecule has 0 aliphatic heterocycles. The van der Waals surface area contributed by atoms with Gasteiger partial charge in [0.2, 0.25) is 0 Å². The zero-order chi connectivity index (χ0) is 14.7. The number of hydrogen-bond acceptors (Lipinski definition) is 2. The standard InChI is InChI=1S/C17H13ClN2O/c18-14-9-5-4-8-13(14)10-15-17(21)19-11-16(20-15)12-6-2-1-3-7-12/h1-9,11H,10H2,(H,19,21). The summed E-state index contributed by atoms with van der Waals surface area (Å²) in [6, 6.07) is 17.2. The first-order valence-corrected chi connectivity index (χ1v) is 6.99. The van der Waals surface area contributed by atoms with E-state index in [1.807, 2.05) is 54.6 Å². The molecule has 1 N–H and O–H groups in total. The molecule has 3 rings (SSSR count). The van der Waals surface area contributed by atoms with E-state index in [-0.39, 0.29) is 5.56 Å². The monoisotopic (exact) mass is 296 g/mol. The molecule has 0 atom stereocenters. The predicted molar refractivity (Wildman–Crippen MR) is 84.6 cm³/mol. The molecule has 2 aromatic carbocycles. The number of rotatable bonds is 3. The summed E-state index contributed by atoms with van der Waals surface area (Å²) in [7, 11) is 0. The van der Waals surface area contributed by atoms with Crippen molar-refractivity contribution >= 4 is 11.6 Å². The fourth-order valence-electron chi connectivity index (χ4n) is 2.14. The van der Waals surface area contributed by atoms with Gasteiger partial charge in [-0.1, -0.05) is 60.1 Å². The van der Waals surface area contributed by atoms with Gasteiger partial charge in [-0.25, -0.2) is 4.98 Å². The Morgan fingerprint density at radius 3 is 2.48 bits per heavy atom. The van der Waals surface area contributed by atoms with Crippen molar-refractivity contribution in [1.29, 1.82) is 0 Å². The van der Waals surface area contributed by atoms with E-state index in [1.165, 1.54) is 0 Å². The van der Waals surface area contributed by atoms with E-state index in [9.17, 15) is 4.79 Å². The van der Waals surface area contributed by atoms with Gasteiger partial charge in [-0.2, -0.15) is 0 Å². The van der Waals surface area contributed by atoms with Crippen LogP contribution in [0.3, 0.4) is 0 Å². The van der Waals surface area contributed by atoms with Gasteiger partial charge in [0.25, 0.3) is 5.56 Å². The highest BCUT2D eigenvalue weighted by molar-refractivity contribution is 6.31. The summed E-state index contributed by atoms with van der Waals surface area (Å²) in [5.41, 5.74) is 2.88. The summed E-state index contributed by atoms with van der Waals surface area (Å²) >= 11 is 6.14. The van der Waals surface area contributed by atoms with E-state index in [4.69, 9.17) is 11.6 Å². The maximum absolute atomic E-state index is 12.0. The molecule has 0 fully saturated rings. The average molecular weight is 297 g/mol. The third-order valence-electron chi connectivity index (χ3n) is 3.24. The zero-order valence-corrected chi connectivity index (χ0v) is 12.0. The van der Waals surface area contributed by atoms with Crippen molar-refractivity contribution in [3.8, 4) is 11.3 Å². The average Bonchev–Trinajstić information content (AvgIpc) is 2.52. The van der Waals surface area contributed by atoms with Crippen LogP contribution in [0.25, 0.3) is 11.3 Å². The van der Waals surface area contributed by atoms with Crippen LogP contribution in [0.5, 0.6) is 0 Å². The molecule has 4 heteroatoms. The van der Waals surface area contributed by atoms with Crippen LogP contribution in [-0.4, -0.2) is 9.97 Å². The molecule has 3 nitrogen and oxygen atoms in total. The molecule has 1 heterocycles. The number of hydrogen-bond donors (Lipinski definition) is 1. The number of nitrogens with one attached hydrogen (secondary N) is 1. The number of aromatic nitrogens is 2. The summed E-state index contributed by atoms with van der Waals surface area (Å²) in [4.78, 5) is 19.2. The number of nitrogens with zero attached hydrogens (tertiary/aromatic N) is 1. The Balaban J connectivity index is 2.00. The second-order valence-corrected chi connectivity index (χ2v) is 5.10. The van der Waals surface area contributed by atoms with E-state index in [0.717, 1.165) is 16.8 Å². The van der Waals surface area contributed by atoms with Crippen LogP contribution in [0.4, 0.5) is 0 Å². The summed E-state index contributed by atoms with van der Waals surface area (Å²) in [5, 5.41) is 0.642. The van der Waals surface area contributed by atoms with Crippen molar-refractivity contribution in [2.24, 2.45) is 0 Å². The minimum Gasteiger partial charge on any atom is -0.325 e. The molecule has 0 saturated carbocycles. The lowest BCUT2D eigenvalue weighted by Gasteiger charge is -2.05. The highest BCUT2D eigenvalue weighted by atomic mass is 35.5. The molecule has 0 spiro atoms. The van der Waals surface area contributed by atoms with Crippen molar-refractivity contribution in [1.82, 2.24) is 9.97 Å². The van der Waals surface area contributed by atoms with E-state index in [1.54, 1.807) is 6.20 Å². The fraction of sp³-hybridized carbons (Fsp3) is 0.0588. The number of halogens is 1. The van der Waals surface area contributed by atoms with Gasteiger partial charge in [-0.15, -0.1) is 0 Å². The van der Waals surface area contributed by atoms with Crippen LogP contribution in [0, 0.1) is 0 Å². The van der Waals surface area contributed by atoms with Gasteiger partial charge in [0.05, 0.1) is 5.69 Å². The number of benzene rings is 2. The smallest absolute Gasteiger partial charge is 0.270 e. The fourth-order valence-corrected chi connectivity index (χ4v) is 2.35. The largest absolute Gasteiger partial charge is 0.325 e. The summed E-state index contributed by atoms with van der Waals surface area (Å²) in [6.07, 6.45) is 2.05. The molecule has 0 radical (unpaired) electrons. The van der Waals surface area contributed by atoms with Gasteiger partial charge in [-0.05, 0) is 11.6 Å². The maximum atomic E-state index is 12.0. The predicted octanol–water partition coefficient (Wildman–Crippen LogP) is 3.68. The molecule has 0 saturated heterocycles. The normalized spacial score (nSPS) is 10.5. The van der Waals surface area contributed by atoms with Gasteiger partial charge in [0.15, 0.2) is 0 Å². The number of aromatic amines is 1. The van der Waals surface area contributed by atoms with E-state index in [2.05, 4.69) is 9.97 Å². The highest BCUT2D eigenvalue weighted by Crippen LogP contribution is 2.19. The van der Waals surface area contributed by atoms with Gasteiger partial charge < -0.3 is 4.98 Å². The van der Waals surface area contributed by atoms with Crippen LogP contribution < -0.4 is 5.56 Å². The van der Waals surface area contributed by atoms with Crippen LogP contribution in [0.2, 0.25) is 5.02 Å². The first-order chi connectivity index (χ1) is 10.2. The van der Waals surface area contributed by atoms with Crippen LogP contribution >= 0.6 is 11.6 Å². The third-order valence-corrected chi connectivity index (χ3v) is 3.61. The third kappa shape index (κ3) is 3.03. The quantitative estimate of drug-likeness (QED) is 0.801. The SMILES string of the molecule is O=c1[nH]cc(-c2ccccc2)nc1Cc1ccccc1Cl. The highest BCUT2D eigenvalue weighted by Gasteiger charge is 2.08. The molecule has 1 aromatic heterocycles. The molecular weight excluding hydrogens is 284 g/mol. The minimum absolute atomic E-state index is 0.186. The van der Waals surface area contributed by atoms with Crippen molar-refractivity contribution in [3.05, 3.63) is 87.4 Å². The lowest BCUT2D eigenvalue weighted by molar-refractivity contribution is 0.995. The molecule has 3 aromatic rings. The van der Waals surface area contributed by atoms with Crippen molar-refractivity contribution in [2.75, 3.05) is 0 Å². The topological polar surface area (TPSA) is 45.8 Å². The van der Waals surface area contributed by atoms with Crippen molar-refractivity contribution < 1.29 is 0 Å². The second kappa shape index (κ2) is 5.94. The molecule has 21 heavy (non-hydrogen) atoms. The van der Waals surface area contributed by atoms with E-state index in [0.29, 0.717) is 17.1 Å². The maximum Gasteiger partial charge on any atom is 0.270 e. The lowest BCUT2D eigenvalue weighted by atomic mass is 10.1. The van der Waals surface area contributed by atoms with Crippen LogP contribution in [-0.2, 0) is 6.42 Å². The van der Waals surface area contributed by atoms with Gasteiger partial charge in [-0.3, -0.25) is 4.79 Å². The minimum atomic E-state index is -0.186. The van der Waals surface area contributed by atoms with Gasteiger partial charge in [0.1, 0.15) is 5.69 Å². The van der Waals surface area contributed by atoms with E-state index >= 15 is 0 Å². The second-order valence-electron chi connectivity index (χ2n) is 4.70.